The Morgan fingerprint density at radius 3 is 3.00 bits per heavy atom. The predicted octanol–water partition coefficient (Wildman–Crippen LogP) is 2.70. The van der Waals surface area contributed by atoms with E-state index < -0.39 is 0 Å². The van der Waals surface area contributed by atoms with Crippen molar-refractivity contribution in [1.82, 2.24) is 4.98 Å². The number of nitriles is 1. The summed E-state index contributed by atoms with van der Waals surface area (Å²) in [6, 6.07) is 11.6. The lowest BCUT2D eigenvalue weighted by atomic mass is 10.1. The van der Waals surface area contributed by atoms with Crippen LogP contribution in [0.25, 0.3) is 10.9 Å². The second kappa shape index (κ2) is 4.45. The van der Waals surface area contributed by atoms with Crippen molar-refractivity contribution in [2.75, 3.05) is 11.9 Å². The van der Waals surface area contributed by atoms with Crippen LogP contribution in [0.1, 0.15) is 5.56 Å². The quantitative estimate of drug-likeness (QED) is 0.790. The third-order valence-electron chi connectivity index (χ3n) is 2.26. The molecule has 0 amide bonds. The van der Waals surface area contributed by atoms with E-state index >= 15 is 0 Å². The maximum atomic E-state index is 9.06. The van der Waals surface area contributed by atoms with E-state index in [1.807, 2.05) is 24.3 Å². The summed E-state index contributed by atoms with van der Waals surface area (Å²) in [5.41, 5.74) is 1.46. The summed E-state index contributed by atoms with van der Waals surface area (Å²) in [5.74, 6) is 0.704. The van der Waals surface area contributed by atoms with Gasteiger partial charge in [-0.15, -0.1) is 6.58 Å². The SMILES string of the molecule is C=CCNc1cc(C#N)c2ccccc2n1. The number of nitrogens with one attached hydrogen (secondary N) is 1. The number of rotatable bonds is 3. The van der Waals surface area contributed by atoms with E-state index in [-0.39, 0.29) is 0 Å². The molecule has 0 spiro atoms. The summed E-state index contributed by atoms with van der Waals surface area (Å²) in [6.45, 7) is 4.26. The van der Waals surface area contributed by atoms with Crippen LogP contribution in [-0.4, -0.2) is 11.5 Å². The Morgan fingerprint density at radius 1 is 1.44 bits per heavy atom. The molecule has 0 unspecified atom stereocenters. The number of pyridine rings is 1. The topological polar surface area (TPSA) is 48.7 Å². The van der Waals surface area contributed by atoms with E-state index in [0.29, 0.717) is 17.9 Å². The van der Waals surface area contributed by atoms with Gasteiger partial charge in [0.25, 0.3) is 0 Å². The molecule has 1 heterocycles. The normalized spacial score (nSPS) is 9.69. The molecule has 0 aliphatic carbocycles. The van der Waals surface area contributed by atoms with Gasteiger partial charge in [0.1, 0.15) is 5.82 Å². The van der Waals surface area contributed by atoms with Gasteiger partial charge < -0.3 is 5.32 Å². The van der Waals surface area contributed by atoms with Crippen LogP contribution in [0.15, 0.2) is 43.0 Å². The van der Waals surface area contributed by atoms with Crippen LogP contribution >= 0.6 is 0 Å². The highest BCUT2D eigenvalue weighted by Crippen LogP contribution is 2.19. The molecule has 2 aromatic rings. The number of para-hydroxylation sites is 1. The van der Waals surface area contributed by atoms with Crippen molar-refractivity contribution in [2.45, 2.75) is 0 Å². The van der Waals surface area contributed by atoms with Gasteiger partial charge in [0.05, 0.1) is 17.1 Å². The van der Waals surface area contributed by atoms with Crippen molar-refractivity contribution in [2.24, 2.45) is 0 Å². The molecule has 0 atom stereocenters. The van der Waals surface area contributed by atoms with Crippen molar-refractivity contribution in [3.63, 3.8) is 0 Å². The van der Waals surface area contributed by atoms with Gasteiger partial charge in [-0.1, -0.05) is 24.3 Å². The minimum atomic E-state index is 0.635. The van der Waals surface area contributed by atoms with Crippen LogP contribution in [0.5, 0.6) is 0 Å². The van der Waals surface area contributed by atoms with E-state index in [1.165, 1.54) is 0 Å². The van der Waals surface area contributed by atoms with Gasteiger partial charge in [0, 0.05) is 11.9 Å². The summed E-state index contributed by atoms with van der Waals surface area (Å²) < 4.78 is 0. The molecule has 78 valence electrons. The highest BCUT2D eigenvalue weighted by atomic mass is 15.0. The van der Waals surface area contributed by atoms with Crippen LogP contribution in [0, 0.1) is 11.3 Å². The van der Waals surface area contributed by atoms with Gasteiger partial charge in [-0.25, -0.2) is 4.98 Å². The standard InChI is InChI=1S/C13H11N3/c1-2-7-15-13-8-10(9-14)11-5-3-4-6-12(11)16-13/h2-6,8H,1,7H2,(H,15,16). The number of nitrogens with zero attached hydrogens (tertiary/aromatic N) is 2. The molecular formula is C13H11N3. The minimum absolute atomic E-state index is 0.635. The average Bonchev–Trinajstić information content (AvgIpc) is 2.35. The van der Waals surface area contributed by atoms with Crippen molar-refractivity contribution in [3.05, 3.63) is 48.6 Å². The molecule has 0 aliphatic heterocycles. The molecule has 3 nitrogen and oxygen atoms in total. The maximum Gasteiger partial charge on any atom is 0.128 e. The molecule has 0 bridgehead atoms. The fourth-order valence-corrected chi connectivity index (χ4v) is 1.54. The van der Waals surface area contributed by atoms with Gasteiger partial charge in [-0.3, -0.25) is 0 Å². The van der Waals surface area contributed by atoms with Crippen molar-refractivity contribution < 1.29 is 0 Å². The number of aromatic nitrogens is 1. The van der Waals surface area contributed by atoms with Gasteiger partial charge in [-0.05, 0) is 12.1 Å². The lowest BCUT2D eigenvalue weighted by molar-refractivity contribution is 1.26. The summed E-state index contributed by atoms with van der Waals surface area (Å²) in [7, 11) is 0. The zero-order valence-corrected chi connectivity index (χ0v) is 8.77. The number of benzene rings is 1. The molecule has 0 aliphatic rings. The van der Waals surface area contributed by atoms with Gasteiger partial charge in [-0.2, -0.15) is 5.26 Å². The molecule has 1 N–H and O–H groups in total. The first-order chi connectivity index (χ1) is 7.85. The van der Waals surface area contributed by atoms with Crippen molar-refractivity contribution >= 4 is 16.7 Å². The van der Waals surface area contributed by atoms with Crippen LogP contribution in [-0.2, 0) is 0 Å². The van der Waals surface area contributed by atoms with E-state index in [0.717, 1.165) is 10.9 Å². The monoisotopic (exact) mass is 209 g/mol. The van der Waals surface area contributed by atoms with Gasteiger partial charge >= 0.3 is 0 Å². The molecule has 2 rings (SSSR count). The Kier molecular flexibility index (Phi) is 2.84. The summed E-state index contributed by atoms with van der Waals surface area (Å²) >= 11 is 0. The second-order valence-electron chi connectivity index (χ2n) is 3.35. The number of hydrogen-bond acceptors (Lipinski definition) is 3. The Hall–Kier alpha value is -2.34. The zero-order chi connectivity index (χ0) is 11.4. The summed E-state index contributed by atoms with van der Waals surface area (Å²) in [4.78, 5) is 4.41. The molecule has 1 aromatic heterocycles. The molecule has 0 saturated carbocycles. The molecule has 16 heavy (non-hydrogen) atoms. The third kappa shape index (κ3) is 1.86. The first kappa shape index (κ1) is 10.2. The van der Waals surface area contributed by atoms with Crippen molar-refractivity contribution in [1.29, 1.82) is 5.26 Å². The van der Waals surface area contributed by atoms with Crippen LogP contribution in [0.4, 0.5) is 5.82 Å². The second-order valence-corrected chi connectivity index (χ2v) is 3.35. The fourth-order valence-electron chi connectivity index (χ4n) is 1.54. The Bertz CT molecular complexity index is 567. The molecular weight excluding hydrogens is 198 g/mol. The fraction of sp³-hybridized carbons (Fsp3) is 0.0769. The lowest BCUT2D eigenvalue weighted by Crippen LogP contribution is -2.01. The highest BCUT2D eigenvalue weighted by Gasteiger charge is 2.03. The molecule has 0 radical (unpaired) electrons. The van der Waals surface area contributed by atoms with Crippen LogP contribution in [0.3, 0.4) is 0 Å². The maximum absolute atomic E-state index is 9.06. The Morgan fingerprint density at radius 2 is 2.25 bits per heavy atom. The van der Waals surface area contributed by atoms with E-state index in [9.17, 15) is 0 Å². The number of anilines is 1. The number of hydrogen-bond donors (Lipinski definition) is 1. The summed E-state index contributed by atoms with van der Waals surface area (Å²) in [5, 5.41) is 13.0. The highest BCUT2D eigenvalue weighted by molar-refractivity contribution is 5.86. The van der Waals surface area contributed by atoms with E-state index in [2.05, 4.69) is 22.9 Å². The number of fused-ring (bicyclic) bond motifs is 1. The Balaban J connectivity index is 2.55. The Labute approximate surface area is 94.0 Å². The average molecular weight is 209 g/mol. The predicted molar refractivity (Wildman–Crippen MR) is 65.1 cm³/mol. The van der Waals surface area contributed by atoms with E-state index in [4.69, 9.17) is 5.26 Å². The first-order valence-corrected chi connectivity index (χ1v) is 5.00. The molecule has 0 saturated heterocycles. The summed E-state index contributed by atoms with van der Waals surface area (Å²) in [6.07, 6.45) is 1.75. The van der Waals surface area contributed by atoms with Gasteiger partial charge in [0.2, 0.25) is 0 Å². The van der Waals surface area contributed by atoms with Gasteiger partial charge in [0.15, 0.2) is 0 Å². The van der Waals surface area contributed by atoms with E-state index in [1.54, 1.807) is 12.1 Å². The minimum Gasteiger partial charge on any atom is -0.367 e. The molecule has 0 fully saturated rings. The zero-order valence-electron chi connectivity index (χ0n) is 8.77. The lowest BCUT2D eigenvalue weighted by Gasteiger charge is -2.05. The largest absolute Gasteiger partial charge is 0.367 e. The van der Waals surface area contributed by atoms with Crippen molar-refractivity contribution in [3.8, 4) is 6.07 Å². The molecule has 1 aromatic carbocycles. The van der Waals surface area contributed by atoms with Crippen LogP contribution in [0.2, 0.25) is 0 Å². The first-order valence-electron chi connectivity index (χ1n) is 5.00. The third-order valence-corrected chi connectivity index (χ3v) is 2.26. The van der Waals surface area contributed by atoms with Crippen LogP contribution < -0.4 is 5.32 Å². The smallest absolute Gasteiger partial charge is 0.128 e. The molecule has 3 heteroatoms.